The van der Waals surface area contributed by atoms with Crippen LogP contribution in [0.3, 0.4) is 0 Å². The lowest BCUT2D eigenvalue weighted by Gasteiger charge is -2.29. The normalized spacial score (nSPS) is 16.8. The Morgan fingerprint density at radius 2 is 1.08 bits per heavy atom. The third-order valence-corrected chi connectivity index (χ3v) is 6.47. The van der Waals surface area contributed by atoms with Crippen LogP contribution in [0.15, 0.2) is 48.5 Å². The predicted molar refractivity (Wildman–Crippen MR) is 136 cm³/mol. The van der Waals surface area contributed by atoms with Gasteiger partial charge in [0.05, 0.1) is 21.2 Å². The highest BCUT2D eigenvalue weighted by Gasteiger charge is 2.23. The minimum Gasteiger partial charge on any atom is -0.336 e. The third kappa shape index (κ3) is 8.31. The quantitative estimate of drug-likeness (QED) is 0.316. The summed E-state index contributed by atoms with van der Waals surface area (Å²) in [5, 5.41) is 6.09. The van der Waals surface area contributed by atoms with Gasteiger partial charge in [0.15, 0.2) is 0 Å². The van der Waals surface area contributed by atoms with Crippen molar-refractivity contribution in [2.24, 2.45) is 11.8 Å². The number of rotatable bonds is 6. The molecular formula is C24H28Cl2N6O4. The number of urea groups is 2. The van der Waals surface area contributed by atoms with Crippen LogP contribution in [0.1, 0.15) is 46.4 Å². The van der Waals surface area contributed by atoms with Gasteiger partial charge in [-0.05, 0) is 55.4 Å². The highest BCUT2D eigenvalue weighted by molar-refractivity contribution is 6.34. The SMILES string of the molecule is O=C(NCC1CCCC(CNC(=O)NNC(=O)c2ccccc2Cl)C1)NNC(=O)c1ccccc1Cl. The summed E-state index contributed by atoms with van der Waals surface area (Å²) in [7, 11) is 0. The van der Waals surface area contributed by atoms with Gasteiger partial charge < -0.3 is 10.6 Å². The van der Waals surface area contributed by atoms with Gasteiger partial charge in [-0.15, -0.1) is 0 Å². The Hall–Kier alpha value is -3.50. The van der Waals surface area contributed by atoms with Gasteiger partial charge in [-0.1, -0.05) is 53.9 Å². The molecule has 0 bridgehead atoms. The first kappa shape index (κ1) is 27.1. The zero-order valence-electron chi connectivity index (χ0n) is 19.4. The first-order chi connectivity index (χ1) is 17.3. The van der Waals surface area contributed by atoms with Crippen molar-refractivity contribution in [3.8, 4) is 0 Å². The molecule has 0 heterocycles. The zero-order valence-corrected chi connectivity index (χ0v) is 20.9. The van der Waals surface area contributed by atoms with E-state index in [2.05, 4.69) is 32.3 Å². The second-order valence-corrected chi connectivity index (χ2v) is 9.25. The van der Waals surface area contributed by atoms with Crippen LogP contribution < -0.4 is 32.3 Å². The Labute approximate surface area is 218 Å². The van der Waals surface area contributed by atoms with Gasteiger partial charge >= 0.3 is 12.1 Å². The summed E-state index contributed by atoms with van der Waals surface area (Å²) < 4.78 is 0. The maximum Gasteiger partial charge on any atom is 0.333 e. The number of hydrazine groups is 2. The molecule has 10 nitrogen and oxygen atoms in total. The molecule has 1 fully saturated rings. The van der Waals surface area contributed by atoms with Gasteiger partial charge in [0.2, 0.25) is 0 Å². The fourth-order valence-corrected chi connectivity index (χ4v) is 4.43. The zero-order chi connectivity index (χ0) is 25.9. The second-order valence-electron chi connectivity index (χ2n) is 8.44. The summed E-state index contributed by atoms with van der Waals surface area (Å²) in [5.41, 5.74) is 9.81. The lowest BCUT2D eigenvalue weighted by atomic mass is 9.81. The van der Waals surface area contributed by atoms with Crippen LogP contribution in [0.5, 0.6) is 0 Å². The van der Waals surface area contributed by atoms with Crippen molar-refractivity contribution >= 4 is 47.1 Å². The molecule has 2 aromatic carbocycles. The Balaban J connectivity index is 1.32. The average Bonchev–Trinajstić information content (AvgIpc) is 2.88. The van der Waals surface area contributed by atoms with E-state index in [1.165, 1.54) is 0 Å². The van der Waals surface area contributed by atoms with E-state index in [1.807, 2.05) is 0 Å². The molecule has 2 atom stereocenters. The van der Waals surface area contributed by atoms with Gasteiger partial charge in [0, 0.05) is 13.1 Å². The number of hydrogen-bond donors (Lipinski definition) is 6. The van der Waals surface area contributed by atoms with Crippen LogP contribution in [-0.2, 0) is 0 Å². The van der Waals surface area contributed by atoms with Crippen molar-refractivity contribution in [1.29, 1.82) is 0 Å². The van der Waals surface area contributed by atoms with Crippen molar-refractivity contribution in [3.63, 3.8) is 0 Å². The molecule has 2 aromatic rings. The van der Waals surface area contributed by atoms with Crippen LogP contribution in [0.2, 0.25) is 10.0 Å². The molecule has 0 aromatic heterocycles. The number of carbonyl (C=O) groups is 4. The van der Waals surface area contributed by atoms with E-state index < -0.39 is 23.9 Å². The topological polar surface area (TPSA) is 140 Å². The molecule has 1 saturated carbocycles. The molecule has 192 valence electrons. The number of benzene rings is 2. The van der Waals surface area contributed by atoms with Gasteiger partial charge in [-0.3, -0.25) is 20.4 Å². The second kappa shape index (κ2) is 13.6. The first-order valence-electron chi connectivity index (χ1n) is 11.5. The summed E-state index contributed by atoms with van der Waals surface area (Å²) in [4.78, 5) is 48.4. The van der Waals surface area contributed by atoms with Crippen LogP contribution in [0.25, 0.3) is 0 Å². The fraction of sp³-hybridized carbons (Fsp3) is 0.333. The Bertz CT molecular complexity index is 1020. The van der Waals surface area contributed by atoms with Crippen LogP contribution in [0.4, 0.5) is 9.59 Å². The van der Waals surface area contributed by atoms with Crippen LogP contribution in [-0.4, -0.2) is 37.0 Å². The van der Waals surface area contributed by atoms with E-state index in [9.17, 15) is 19.2 Å². The summed E-state index contributed by atoms with van der Waals surface area (Å²) in [6, 6.07) is 12.0. The molecule has 3 rings (SSSR count). The lowest BCUT2D eigenvalue weighted by molar-refractivity contribution is 0.0929. The van der Waals surface area contributed by atoms with E-state index in [0.29, 0.717) is 13.1 Å². The first-order valence-corrected chi connectivity index (χ1v) is 12.3. The Morgan fingerprint density at radius 3 is 1.50 bits per heavy atom. The summed E-state index contributed by atoms with van der Waals surface area (Å²) >= 11 is 12.0. The molecule has 0 saturated heterocycles. The largest absolute Gasteiger partial charge is 0.336 e. The van der Waals surface area contributed by atoms with Crippen molar-refractivity contribution in [2.45, 2.75) is 25.7 Å². The number of amides is 6. The summed E-state index contributed by atoms with van der Waals surface area (Å²) in [6.07, 6.45) is 3.68. The van der Waals surface area contributed by atoms with Crippen molar-refractivity contribution < 1.29 is 19.2 Å². The molecule has 1 aliphatic carbocycles. The van der Waals surface area contributed by atoms with Crippen molar-refractivity contribution in [3.05, 3.63) is 69.7 Å². The molecule has 6 N–H and O–H groups in total. The van der Waals surface area contributed by atoms with E-state index in [4.69, 9.17) is 23.2 Å². The van der Waals surface area contributed by atoms with Gasteiger partial charge in [-0.2, -0.15) is 0 Å². The Morgan fingerprint density at radius 1 is 0.667 bits per heavy atom. The maximum absolute atomic E-state index is 12.1. The fourth-order valence-electron chi connectivity index (χ4n) is 3.99. The van der Waals surface area contributed by atoms with E-state index in [0.717, 1.165) is 25.7 Å². The average molecular weight is 535 g/mol. The molecule has 1 aliphatic rings. The number of carbonyl (C=O) groups excluding carboxylic acids is 4. The predicted octanol–water partition coefficient (Wildman–Crippen LogP) is 3.39. The molecule has 0 spiro atoms. The molecule has 36 heavy (non-hydrogen) atoms. The van der Waals surface area contributed by atoms with E-state index in [-0.39, 0.29) is 33.0 Å². The summed E-state index contributed by atoms with van der Waals surface area (Å²) in [5.74, 6) is -0.557. The molecule has 6 amide bonds. The number of nitrogens with one attached hydrogen (secondary N) is 6. The molecule has 12 heteroatoms. The van der Waals surface area contributed by atoms with Gasteiger partial charge in [-0.25, -0.2) is 20.4 Å². The molecule has 0 aliphatic heterocycles. The number of hydrogen-bond acceptors (Lipinski definition) is 4. The maximum atomic E-state index is 12.1. The van der Waals surface area contributed by atoms with Crippen molar-refractivity contribution in [2.75, 3.05) is 13.1 Å². The molecular weight excluding hydrogens is 507 g/mol. The molecule has 2 unspecified atom stereocenters. The monoisotopic (exact) mass is 534 g/mol. The van der Waals surface area contributed by atoms with Gasteiger partial charge in [0.1, 0.15) is 0 Å². The molecule has 0 radical (unpaired) electrons. The summed E-state index contributed by atoms with van der Waals surface area (Å²) in [6.45, 7) is 0.870. The number of halogens is 2. The van der Waals surface area contributed by atoms with Gasteiger partial charge in [0.25, 0.3) is 11.8 Å². The standard InChI is InChI=1S/C24H28Cl2N6O4/c25-19-10-3-1-8-17(19)21(33)29-31-23(35)27-13-15-6-5-7-16(12-15)14-28-24(36)32-30-22(34)18-9-2-4-11-20(18)26/h1-4,8-11,15-16H,5-7,12-14H2,(H,29,33)(H,30,34)(H2,27,31,35)(H2,28,32,36). The van der Waals surface area contributed by atoms with E-state index in [1.54, 1.807) is 48.5 Å². The minimum absolute atomic E-state index is 0.235. The Kier molecular flexibility index (Phi) is 10.2. The lowest BCUT2D eigenvalue weighted by Crippen LogP contribution is -2.49. The van der Waals surface area contributed by atoms with Crippen LogP contribution >= 0.6 is 23.2 Å². The third-order valence-electron chi connectivity index (χ3n) is 5.81. The van der Waals surface area contributed by atoms with E-state index >= 15 is 0 Å². The minimum atomic E-state index is -0.524. The highest BCUT2D eigenvalue weighted by atomic mass is 35.5. The highest BCUT2D eigenvalue weighted by Crippen LogP contribution is 2.28. The smallest absolute Gasteiger partial charge is 0.333 e. The van der Waals surface area contributed by atoms with Crippen LogP contribution in [0, 0.1) is 11.8 Å². The van der Waals surface area contributed by atoms with Crippen molar-refractivity contribution in [1.82, 2.24) is 32.3 Å².